The Hall–Kier alpha value is -0.160. The fraction of sp³-hybridized carbons (Fsp3) is 1.00. The molecule has 3 rings (SSSR count). The van der Waals surface area contributed by atoms with E-state index in [1.807, 2.05) is 0 Å². The van der Waals surface area contributed by atoms with Gasteiger partial charge in [-0.1, -0.05) is 6.92 Å². The van der Waals surface area contributed by atoms with Gasteiger partial charge in [-0.15, -0.1) is 0 Å². The Labute approximate surface area is 123 Å². The third-order valence-corrected chi connectivity index (χ3v) is 5.34. The van der Waals surface area contributed by atoms with Crippen LogP contribution >= 0.6 is 0 Å². The predicted molar refractivity (Wildman–Crippen MR) is 82.0 cm³/mol. The molecule has 0 spiro atoms. The molecule has 3 heterocycles. The molecular weight excluding hydrogens is 250 g/mol. The van der Waals surface area contributed by atoms with E-state index in [-0.39, 0.29) is 0 Å². The Balaban J connectivity index is 1.56. The van der Waals surface area contributed by atoms with E-state index in [9.17, 15) is 0 Å². The first-order valence-electron chi connectivity index (χ1n) is 8.64. The molecule has 3 saturated heterocycles. The molecule has 4 nitrogen and oxygen atoms in total. The molecule has 0 saturated carbocycles. The van der Waals surface area contributed by atoms with E-state index in [0.29, 0.717) is 6.04 Å². The first-order chi connectivity index (χ1) is 9.86. The van der Waals surface area contributed by atoms with Crippen molar-refractivity contribution in [1.29, 1.82) is 0 Å². The Bertz CT molecular complexity index is 293. The van der Waals surface area contributed by atoms with E-state index in [2.05, 4.69) is 22.0 Å². The van der Waals surface area contributed by atoms with E-state index in [4.69, 9.17) is 4.74 Å². The maximum absolute atomic E-state index is 5.60. The summed E-state index contributed by atoms with van der Waals surface area (Å²) in [6.07, 6.45) is 5.40. The third kappa shape index (κ3) is 3.53. The highest BCUT2D eigenvalue weighted by Crippen LogP contribution is 2.23. The van der Waals surface area contributed by atoms with Crippen LogP contribution in [-0.2, 0) is 4.74 Å². The maximum atomic E-state index is 5.60. The number of likely N-dealkylation sites (N-methyl/N-ethyl adjacent to an activating group) is 1. The standard InChI is InChI=1S/C16H31N3O/c1-2-17-16(14-6-10-20-13-14)12-18-7-4-9-19-8-3-5-15(19)11-18/h14-17H,2-13H2,1H3. The number of ether oxygens (including phenoxy) is 1. The van der Waals surface area contributed by atoms with E-state index < -0.39 is 0 Å². The molecule has 0 bridgehead atoms. The molecule has 4 heteroatoms. The van der Waals surface area contributed by atoms with Gasteiger partial charge in [-0.3, -0.25) is 4.90 Å². The van der Waals surface area contributed by atoms with Gasteiger partial charge >= 0.3 is 0 Å². The summed E-state index contributed by atoms with van der Waals surface area (Å²) in [6.45, 7) is 11.7. The molecule has 1 N–H and O–H groups in total. The molecule has 0 aromatic rings. The first-order valence-corrected chi connectivity index (χ1v) is 8.64. The van der Waals surface area contributed by atoms with Gasteiger partial charge in [-0.25, -0.2) is 0 Å². The van der Waals surface area contributed by atoms with Crippen LogP contribution in [0.1, 0.15) is 32.6 Å². The van der Waals surface area contributed by atoms with Gasteiger partial charge in [-0.05, 0) is 51.9 Å². The Morgan fingerprint density at radius 3 is 2.90 bits per heavy atom. The van der Waals surface area contributed by atoms with Crippen LogP contribution in [0.3, 0.4) is 0 Å². The maximum Gasteiger partial charge on any atom is 0.0510 e. The number of hydrogen-bond acceptors (Lipinski definition) is 4. The minimum Gasteiger partial charge on any atom is -0.381 e. The van der Waals surface area contributed by atoms with E-state index in [1.54, 1.807) is 0 Å². The minimum atomic E-state index is 0.621. The van der Waals surface area contributed by atoms with Gasteiger partial charge in [0.25, 0.3) is 0 Å². The smallest absolute Gasteiger partial charge is 0.0510 e. The summed E-state index contributed by atoms with van der Waals surface area (Å²) in [5.74, 6) is 0.720. The molecule has 0 radical (unpaired) electrons. The predicted octanol–water partition coefficient (Wildman–Crippen LogP) is 1.17. The Morgan fingerprint density at radius 1 is 1.20 bits per heavy atom. The highest BCUT2D eigenvalue weighted by Gasteiger charge is 2.31. The lowest BCUT2D eigenvalue weighted by molar-refractivity contribution is 0.156. The molecule has 3 aliphatic rings. The summed E-state index contributed by atoms with van der Waals surface area (Å²) in [5, 5.41) is 3.72. The summed E-state index contributed by atoms with van der Waals surface area (Å²) in [6, 6.07) is 1.45. The van der Waals surface area contributed by atoms with Crippen molar-refractivity contribution in [2.24, 2.45) is 5.92 Å². The SMILES string of the molecule is CCNC(CN1CCCN2CCCC2C1)C1CCOC1. The number of fused-ring (bicyclic) bond motifs is 1. The van der Waals surface area contributed by atoms with Crippen LogP contribution in [0.4, 0.5) is 0 Å². The van der Waals surface area contributed by atoms with Gasteiger partial charge in [0.15, 0.2) is 0 Å². The molecule has 20 heavy (non-hydrogen) atoms. The molecule has 0 aromatic carbocycles. The molecule has 3 fully saturated rings. The quantitative estimate of drug-likeness (QED) is 0.819. The highest BCUT2D eigenvalue weighted by molar-refractivity contribution is 4.88. The lowest BCUT2D eigenvalue weighted by Crippen LogP contribution is -2.48. The van der Waals surface area contributed by atoms with Gasteiger partial charge in [-0.2, -0.15) is 0 Å². The number of hydrogen-bond donors (Lipinski definition) is 1. The normalized spacial score (nSPS) is 34.0. The van der Waals surface area contributed by atoms with Gasteiger partial charge in [0.2, 0.25) is 0 Å². The second-order valence-corrected chi connectivity index (χ2v) is 6.73. The average molecular weight is 281 g/mol. The lowest BCUT2D eigenvalue weighted by atomic mass is 9.98. The van der Waals surface area contributed by atoms with Gasteiger partial charge in [0, 0.05) is 37.7 Å². The molecule has 3 aliphatic heterocycles. The molecule has 0 aliphatic carbocycles. The van der Waals surface area contributed by atoms with Gasteiger partial charge < -0.3 is 15.0 Å². The van der Waals surface area contributed by atoms with Crippen LogP contribution in [0.25, 0.3) is 0 Å². The highest BCUT2D eigenvalue weighted by atomic mass is 16.5. The third-order valence-electron chi connectivity index (χ3n) is 5.34. The second-order valence-electron chi connectivity index (χ2n) is 6.73. The fourth-order valence-corrected chi connectivity index (χ4v) is 4.24. The summed E-state index contributed by atoms with van der Waals surface area (Å²) < 4.78 is 5.60. The minimum absolute atomic E-state index is 0.621. The zero-order chi connectivity index (χ0) is 13.8. The molecular formula is C16H31N3O. The van der Waals surface area contributed by atoms with Crippen LogP contribution in [0.2, 0.25) is 0 Å². The zero-order valence-electron chi connectivity index (χ0n) is 13.0. The molecule has 3 atom stereocenters. The van der Waals surface area contributed by atoms with Crippen LogP contribution in [-0.4, -0.2) is 74.4 Å². The number of nitrogens with one attached hydrogen (secondary N) is 1. The van der Waals surface area contributed by atoms with Crippen molar-refractivity contribution in [3.8, 4) is 0 Å². The van der Waals surface area contributed by atoms with Crippen molar-refractivity contribution < 1.29 is 4.74 Å². The van der Waals surface area contributed by atoms with Gasteiger partial charge in [0.1, 0.15) is 0 Å². The fourth-order valence-electron chi connectivity index (χ4n) is 4.24. The van der Waals surface area contributed by atoms with Crippen molar-refractivity contribution in [3.05, 3.63) is 0 Å². The van der Waals surface area contributed by atoms with Crippen molar-refractivity contribution in [2.75, 3.05) is 52.5 Å². The second kappa shape index (κ2) is 7.21. The van der Waals surface area contributed by atoms with Crippen LogP contribution in [0.5, 0.6) is 0 Å². The Kier molecular flexibility index (Phi) is 5.32. The Morgan fingerprint density at radius 2 is 2.10 bits per heavy atom. The van der Waals surface area contributed by atoms with Crippen molar-refractivity contribution >= 4 is 0 Å². The van der Waals surface area contributed by atoms with E-state index >= 15 is 0 Å². The van der Waals surface area contributed by atoms with Crippen LogP contribution < -0.4 is 5.32 Å². The van der Waals surface area contributed by atoms with Crippen molar-refractivity contribution in [1.82, 2.24) is 15.1 Å². The summed E-state index contributed by atoms with van der Waals surface area (Å²) in [4.78, 5) is 5.45. The molecule has 116 valence electrons. The van der Waals surface area contributed by atoms with Gasteiger partial charge in [0.05, 0.1) is 6.61 Å². The van der Waals surface area contributed by atoms with Crippen LogP contribution in [0.15, 0.2) is 0 Å². The lowest BCUT2D eigenvalue weighted by Gasteiger charge is -2.31. The number of rotatable bonds is 5. The summed E-state index contributed by atoms with van der Waals surface area (Å²) in [5.41, 5.74) is 0. The summed E-state index contributed by atoms with van der Waals surface area (Å²) >= 11 is 0. The molecule has 3 unspecified atom stereocenters. The van der Waals surface area contributed by atoms with E-state index in [1.165, 1.54) is 58.4 Å². The topological polar surface area (TPSA) is 27.7 Å². The largest absolute Gasteiger partial charge is 0.381 e. The van der Waals surface area contributed by atoms with Crippen molar-refractivity contribution in [2.45, 2.75) is 44.7 Å². The zero-order valence-corrected chi connectivity index (χ0v) is 13.0. The monoisotopic (exact) mass is 281 g/mol. The average Bonchev–Trinajstić information content (AvgIpc) is 3.08. The van der Waals surface area contributed by atoms with Crippen molar-refractivity contribution in [3.63, 3.8) is 0 Å². The van der Waals surface area contributed by atoms with Crippen LogP contribution in [0, 0.1) is 5.92 Å². The molecule has 0 aromatic heterocycles. The number of nitrogens with zero attached hydrogens (tertiary/aromatic N) is 2. The summed E-state index contributed by atoms with van der Waals surface area (Å²) in [7, 11) is 0. The first kappa shape index (κ1) is 14.8. The molecule has 0 amide bonds. The van der Waals surface area contributed by atoms with E-state index in [0.717, 1.165) is 31.7 Å².